The van der Waals surface area contributed by atoms with Crippen LogP contribution in [0.1, 0.15) is 47.5 Å². The predicted molar refractivity (Wildman–Crippen MR) is 133 cm³/mol. The van der Waals surface area contributed by atoms with Gasteiger partial charge in [0.2, 0.25) is 5.89 Å². The van der Waals surface area contributed by atoms with E-state index in [-0.39, 0.29) is 17.9 Å². The molecule has 1 atom stereocenters. The molecule has 0 aliphatic carbocycles. The van der Waals surface area contributed by atoms with Gasteiger partial charge >= 0.3 is 12.1 Å². The van der Waals surface area contributed by atoms with E-state index in [4.69, 9.17) is 4.52 Å². The first kappa shape index (κ1) is 24.6. The quantitative estimate of drug-likeness (QED) is 0.302. The number of aromatic amines is 1. The highest BCUT2D eigenvalue weighted by atomic mass is 19.1. The largest absolute Gasteiger partial charge is 0.345 e. The number of aromatic nitrogens is 4. The Bertz CT molecular complexity index is 1580. The molecule has 0 saturated carbocycles. The number of hydrogen-bond donors (Lipinski definition) is 4. The summed E-state index contributed by atoms with van der Waals surface area (Å²) in [6.45, 7) is 3.42. The van der Waals surface area contributed by atoms with Gasteiger partial charge < -0.3 is 20.5 Å². The van der Waals surface area contributed by atoms with E-state index in [1.54, 1.807) is 37.4 Å². The van der Waals surface area contributed by atoms with Crippen molar-refractivity contribution in [2.45, 2.75) is 32.9 Å². The highest BCUT2D eigenvalue weighted by Gasteiger charge is 2.31. The third-order valence-electron chi connectivity index (χ3n) is 5.95. The van der Waals surface area contributed by atoms with Crippen molar-refractivity contribution in [2.75, 3.05) is 5.32 Å². The molecule has 13 heteroatoms. The average Bonchev–Trinajstić information content (AvgIpc) is 3.56. The molecule has 4 aromatic rings. The summed E-state index contributed by atoms with van der Waals surface area (Å²) in [5, 5.41) is 19.3. The zero-order chi connectivity index (χ0) is 26.8. The molecule has 3 heterocycles. The van der Waals surface area contributed by atoms with Crippen molar-refractivity contribution in [1.29, 1.82) is 0 Å². The molecule has 0 bridgehead atoms. The zero-order valence-electron chi connectivity index (χ0n) is 20.4. The van der Waals surface area contributed by atoms with E-state index in [0.717, 1.165) is 21.9 Å². The second-order valence-electron chi connectivity index (χ2n) is 8.55. The summed E-state index contributed by atoms with van der Waals surface area (Å²) in [7, 11) is 0. The number of benzene rings is 2. The summed E-state index contributed by atoms with van der Waals surface area (Å²) in [5.74, 6) is -0.704. The van der Waals surface area contributed by atoms with Crippen molar-refractivity contribution < 1.29 is 23.3 Å². The van der Waals surface area contributed by atoms with Crippen molar-refractivity contribution in [1.82, 2.24) is 35.9 Å². The topological polar surface area (TPSA) is 158 Å². The number of H-pyrrole nitrogens is 1. The van der Waals surface area contributed by atoms with Crippen molar-refractivity contribution in [3.63, 3.8) is 0 Å². The summed E-state index contributed by atoms with van der Waals surface area (Å²) in [6.07, 6.45) is 3.82. The number of nitrogens with one attached hydrogen (secondary N) is 4. The summed E-state index contributed by atoms with van der Waals surface area (Å²) in [4.78, 5) is 43.5. The van der Waals surface area contributed by atoms with Crippen LogP contribution < -0.4 is 16.0 Å². The Morgan fingerprint density at radius 2 is 2.05 bits per heavy atom. The summed E-state index contributed by atoms with van der Waals surface area (Å²) >= 11 is 0. The molecule has 0 radical (unpaired) electrons. The Morgan fingerprint density at radius 3 is 2.82 bits per heavy atom. The number of halogens is 1. The maximum atomic E-state index is 14.5. The monoisotopic (exact) mass is 518 g/mol. The van der Waals surface area contributed by atoms with Gasteiger partial charge in [-0.15, -0.1) is 0 Å². The molecular weight excluding hydrogens is 495 g/mol. The van der Waals surface area contributed by atoms with E-state index in [1.807, 2.05) is 6.92 Å². The maximum absolute atomic E-state index is 14.5. The lowest BCUT2D eigenvalue weighted by molar-refractivity contribution is 0.0945. The molecule has 4 N–H and O–H groups in total. The van der Waals surface area contributed by atoms with Gasteiger partial charge in [-0.1, -0.05) is 18.1 Å². The molecule has 38 heavy (non-hydrogen) atoms. The minimum absolute atomic E-state index is 0.0389. The number of fused-ring (bicyclic) bond motifs is 1. The lowest BCUT2D eigenvalue weighted by Gasteiger charge is -2.30. The van der Waals surface area contributed by atoms with Gasteiger partial charge in [0, 0.05) is 23.2 Å². The predicted octanol–water partition coefficient (Wildman–Crippen LogP) is 3.78. The molecule has 1 aliphatic heterocycles. The first-order chi connectivity index (χ1) is 18.3. The number of amides is 5. The van der Waals surface area contributed by atoms with Crippen molar-refractivity contribution in [2.24, 2.45) is 0 Å². The molecule has 12 nitrogen and oxygen atoms in total. The van der Waals surface area contributed by atoms with Crippen LogP contribution in [0.15, 0.2) is 58.9 Å². The van der Waals surface area contributed by atoms with Crippen LogP contribution in [0.5, 0.6) is 0 Å². The fourth-order valence-corrected chi connectivity index (χ4v) is 4.02. The standard InChI is InChI=1S/C25H23FN8O4/c1-3-22-31-21(33-38-22)12-27-23(35)17-10-14(4-6-18(17)26)20-8-13(2)34(25(37)30-20)24(36)29-16-5-7-19-15(9-16)11-28-32-19/h4-11,20H,3,12H2,1-2H3,(H,27,35)(H,28,32)(H,29,36)(H,30,37). The highest BCUT2D eigenvalue weighted by Crippen LogP contribution is 2.26. The average molecular weight is 519 g/mol. The Labute approximate surface area is 215 Å². The Kier molecular flexibility index (Phi) is 6.56. The molecule has 2 aromatic heterocycles. The van der Waals surface area contributed by atoms with E-state index < -0.39 is 29.8 Å². The SMILES string of the molecule is CCc1nc(CNC(=O)c2cc(C3C=C(C)N(C(=O)Nc4ccc5[nH]ncc5c4)C(=O)N3)ccc2F)no1. The molecule has 0 spiro atoms. The van der Waals surface area contributed by atoms with E-state index in [2.05, 4.69) is 36.3 Å². The molecule has 5 amide bonds. The van der Waals surface area contributed by atoms with Gasteiger partial charge in [-0.05, 0) is 48.9 Å². The fraction of sp³-hybridized carbons (Fsp3) is 0.200. The molecule has 0 saturated heterocycles. The number of imide groups is 1. The van der Waals surface area contributed by atoms with E-state index in [9.17, 15) is 18.8 Å². The van der Waals surface area contributed by atoms with Crippen LogP contribution in [0.2, 0.25) is 0 Å². The van der Waals surface area contributed by atoms with E-state index in [1.165, 1.54) is 12.1 Å². The van der Waals surface area contributed by atoms with E-state index >= 15 is 0 Å². The Morgan fingerprint density at radius 1 is 1.21 bits per heavy atom. The van der Waals surface area contributed by atoms with Gasteiger partial charge in [0.05, 0.1) is 29.9 Å². The number of carbonyl (C=O) groups excluding carboxylic acids is 3. The number of carbonyl (C=O) groups is 3. The van der Waals surface area contributed by atoms with Crippen molar-refractivity contribution >= 4 is 34.6 Å². The van der Waals surface area contributed by atoms with Gasteiger partial charge in [-0.25, -0.2) is 18.9 Å². The van der Waals surface area contributed by atoms with Gasteiger partial charge in [0.15, 0.2) is 5.82 Å². The molecule has 194 valence electrons. The van der Waals surface area contributed by atoms with Crippen LogP contribution in [-0.4, -0.2) is 43.2 Å². The van der Waals surface area contributed by atoms with Crippen molar-refractivity contribution in [3.8, 4) is 0 Å². The molecular formula is C25H23FN8O4. The fourth-order valence-electron chi connectivity index (χ4n) is 4.02. The lowest BCUT2D eigenvalue weighted by atomic mass is 10.0. The second-order valence-corrected chi connectivity index (χ2v) is 8.55. The van der Waals surface area contributed by atoms with Crippen molar-refractivity contribution in [3.05, 3.63) is 83.0 Å². The molecule has 1 aliphatic rings. The van der Waals surface area contributed by atoms with Crippen LogP contribution >= 0.6 is 0 Å². The molecule has 5 rings (SSSR count). The number of rotatable bonds is 6. The molecule has 1 unspecified atom stereocenters. The first-order valence-corrected chi connectivity index (χ1v) is 11.7. The van der Waals surface area contributed by atoms with Crippen LogP contribution in [0.25, 0.3) is 10.9 Å². The lowest BCUT2D eigenvalue weighted by Crippen LogP contribution is -2.48. The van der Waals surface area contributed by atoms with Gasteiger partial charge in [0.25, 0.3) is 5.91 Å². The summed E-state index contributed by atoms with van der Waals surface area (Å²) in [5.41, 5.74) is 1.91. The Hall–Kier alpha value is -5.07. The molecule has 0 fully saturated rings. The van der Waals surface area contributed by atoms with Gasteiger partial charge in [-0.3, -0.25) is 9.89 Å². The van der Waals surface area contributed by atoms with Gasteiger partial charge in [-0.2, -0.15) is 10.1 Å². The second kappa shape index (κ2) is 10.1. The maximum Gasteiger partial charge on any atom is 0.334 e. The summed E-state index contributed by atoms with van der Waals surface area (Å²) < 4.78 is 19.5. The van der Waals surface area contributed by atoms with Crippen LogP contribution in [0.4, 0.5) is 19.7 Å². The third kappa shape index (κ3) is 4.93. The zero-order valence-corrected chi connectivity index (χ0v) is 20.4. The van der Waals surface area contributed by atoms with Crippen LogP contribution in [0, 0.1) is 5.82 Å². The highest BCUT2D eigenvalue weighted by molar-refractivity contribution is 6.03. The normalized spacial score (nSPS) is 15.2. The number of urea groups is 2. The molecule has 2 aromatic carbocycles. The third-order valence-corrected chi connectivity index (χ3v) is 5.95. The number of anilines is 1. The van der Waals surface area contributed by atoms with Crippen LogP contribution in [-0.2, 0) is 13.0 Å². The number of hydrogen-bond acceptors (Lipinski definition) is 7. The Balaban J connectivity index is 1.29. The minimum atomic E-state index is -0.730. The minimum Gasteiger partial charge on any atom is -0.345 e. The number of nitrogens with zero attached hydrogens (tertiary/aromatic N) is 4. The summed E-state index contributed by atoms with van der Waals surface area (Å²) in [6, 6.07) is 7.13. The van der Waals surface area contributed by atoms with Crippen LogP contribution in [0.3, 0.4) is 0 Å². The smallest absolute Gasteiger partial charge is 0.334 e. The first-order valence-electron chi connectivity index (χ1n) is 11.7. The van der Waals surface area contributed by atoms with E-state index in [0.29, 0.717) is 29.3 Å². The number of allylic oxidation sites excluding steroid dienone is 1. The number of aryl methyl sites for hydroxylation is 1. The van der Waals surface area contributed by atoms with Gasteiger partial charge in [0.1, 0.15) is 5.82 Å².